The summed E-state index contributed by atoms with van der Waals surface area (Å²) in [6.45, 7) is 8.39. The zero-order valence-electron chi connectivity index (χ0n) is 20.7. The molecule has 1 fully saturated rings. The molecule has 0 aromatic heterocycles. The standard InChI is InChI=1S/C24H32ClF2N7O2/c1-6-19(35)33-10-13(11-33)32-22(36)20-12(2)31-18(34(20)23(26)27)9-30-21(29)14-7-15(24(3,4)5)16(25)8-17(14)28/h6-8,13,18,23,31H,1,9-11,28H2,2-5H3,(H2,29,30)(H,32,36). The molecule has 12 heteroatoms. The van der Waals surface area contributed by atoms with Crippen LogP contribution in [-0.2, 0) is 15.0 Å². The topological polar surface area (TPSA) is 127 Å². The summed E-state index contributed by atoms with van der Waals surface area (Å²) < 4.78 is 28.1. The highest BCUT2D eigenvalue weighted by Crippen LogP contribution is 2.33. The summed E-state index contributed by atoms with van der Waals surface area (Å²) in [5.41, 5.74) is 7.37. The minimum absolute atomic E-state index is 0.0531. The summed E-state index contributed by atoms with van der Waals surface area (Å²) in [6.07, 6.45) is 0.197. The molecule has 9 nitrogen and oxygen atoms in total. The number of amidine groups is 1. The molecule has 1 aromatic carbocycles. The second-order valence-corrected chi connectivity index (χ2v) is 10.3. The fraction of sp³-hybridized carbons (Fsp3) is 0.458. The average molecular weight is 524 g/mol. The Bertz CT molecular complexity index is 1110. The number of nitrogens with zero attached hydrogens (tertiary/aromatic N) is 2. The van der Waals surface area contributed by atoms with E-state index in [9.17, 15) is 18.4 Å². The molecule has 36 heavy (non-hydrogen) atoms. The Labute approximate surface area is 214 Å². The van der Waals surface area contributed by atoms with E-state index < -0.39 is 18.6 Å². The van der Waals surface area contributed by atoms with Gasteiger partial charge in [0.2, 0.25) is 5.91 Å². The number of nitrogens with two attached hydrogens (primary N) is 1. The van der Waals surface area contributed by atoms with E-state index in [0.717, 1.165) is 5.56 Å². The van der Waals surface area contributed by atoms with Crippen LogP contribution in [0.2, 0.25) is 5.02 Å². The normalized spacial score (nSPS) is 18.2. The highest BCUT2D eigenvalue weighted by atomic mass is 35.5. The predicted molar refractivity (Wildman–Crippen MR) is 136 cm³/mol. The lowest BCUT2D eigenvalue weighted by atomic mass is 9.85. The Kier molecular flexibility index (Phi) is 7.82. The van der Waals surface area contributed by atoms with E-state index in [4.69, 9.17) is 22.7 Å². The SMILES string of the molecule is C=CC(=O)N1CC(NC(=O)C2=C(C)NC(CNC(=N)c3cc(C(C)(C)C)c(Cl)cc3N)N2C(F)F)C1. The van der Waals surface area contributed by atoms with Gasteiger partial charge >= 0.3 is 6.55 Å². The van der Waals surface area contributed by atoms with Gasteiger partial charge in [0.05, 0.1) is 12.6 Å². The Morgan fingerprint density at radius 2 is 2.00 bits per heavy atom. The molecule has 2 amide bonds. The zero-order valence-corrected chi connectivity index (χ0v) is 21.5. The van der Waals surface area contributed by atoms with Gasteiger partial charge in [0.25, 0.3) is 5.91 Å². The molecule has 1 unspecified atom stereocenters. The van der Waals surface area contributed by atoms with Crippen LogP contribution >= 0.6 is 11.6 Å². The van der Waals surface area contributed by atoms with Crippen LogP contribution in [0.1, 0.15) is 38.8 Å². The van der Waals surface area contributed by atoms with Crippen molar-refractivity contribution in [1.82, 2.24) is 25.8 Å². The largest absolute Gasteiger partial charge is 0.398 e. The van der Waals surface area contributed by atoms with Crippen molar-refractivity contribution in [2.24, 2.45) is 0 Å². The van der Waals surface area contributed by atoms with Crippen molar-refractivity contribution >= 4 is 34.9 Å². The first-order chi connectivity index (χ1) is 16.7. The molecule has 3 rings (SSSR count). The van der Waals surface area contributed by atoms with Crippen LogP contribution in [0.15, 0.2) is 36.2 Å². The summed E-state index contributed by atoms with van der Waals surface area (Å²) in [7, 11) is 0. The lowest BCUT2D eigenvalue weighted by Gasteiger charge is -2.39. The number of likely N-dealkylation sites (tertiary alicyclic amines) is 1. The molecule has 1 aromatic rings. The Hall–Kier alpha value is -3.34. The maximum Gasteiger partial charge on any atom is 0.317 e. The number of hydrogen-bond acceptors (Lipinski definition) is 6. The van der Waals surface area contributed by atoms with Crippen molar-refractivity contribution in [3.05, 3.63) is 52.3 Å². The number of benzene rings is 1. The third kappa shape index (κ3) is 5.56. The molecule has 196 valence electrons. The van der Waals surface area contributed by atoms with Gasteiger partial charge in [0.15, 0.2) is 0 Å². The van der Waals surface area contributed by atoms with Gasteiger partial charge in [0, 0.05) is 35.1 Å². The first-order valence-corrected chi connectivity index (χ1v) is 11.8. The Morgan fingerprint density at radius 3 is 2.56 bits per heavy atom. The number of amides is 2. The third-order valence-corrected chi connectivity index (χ3v) is 6.46. The van der Waals surface area contributed by atoms with Crippen LogP contribution in [-0.4, -0.2) is 65.8 Å². The third-order valence-electron chi connectivity index (χ3n) is 6.15. The molecular weight excluding hydrogens is 492 g/mol. The fourth-order valence-corrected chi connectivity index (χ4v) is 4.67. The van der Waals surface area contributed by atoms with Gasteiger partial charge < -0.3 is 26.6 Å². The summed E-state index contributed by atoms with van der Waals surface area (Å²) in [5.74, 6) is -0.967. The highest BCUT2D eigenvalue weighted by Gasteiger charge is 2.40. The quantitative estimate of drug-likeness (QED) is 0.123. The Morgan fingerprint density at radius 1 is 1.36 bits per heavy atom. The molecular formula is C24H32ClF2N7O2. The van der Waals surface area contributed by atoms with E-state index in [1.165, 1.54) is 17.9 Å². The second-order valence-electron chi connectivity index (χ2n) is 9.86. The number of alkyl halides is 2. The zero-order chi connectivity index (χ0) is 26.9. The van der Waals surface area contributed by atoms with Crippen LogP contribution in [0, 0.1) is 5.41 Å². The summed E-state index contributed by atoms with van der Waals surface area (Å²) in [4.78, 5) is 26.6. The minimum Gasteiger partial charge on any atom is -0.398 e. The van der Waals surface area contributed by atoms with Gasteiger partial charge in [-0.15, -0.1) is 0 Å². The smallest absolute Gasteiger partial charge is 0.317 e. The molecule has 0 saturated carbocycles. The molecule has 0 bridgehead atoms. The van der Waals surface area contributed by atoms with E-state index in [1.54, 1.807) is 12.1 Å². The first-order valence-electron chi connectivity index (χ1n) is 11.4. The van der Waals surface area contributed by atoms with Gasteiger partial charge in [-0.1, -0.05) is 39.0 Å². The van der Waals surface area contributed by atoms with Crippen LogP contribution in [0.3, 0.4) is 0 Å². The van der Waals surface area contributed by atoms with Crippen molar-refractivity contribution in [3.63, 3.8) is 0 Å². The van der Waals surface area contributed by atoms with Crippen LogP contribution in [0.4, 0.5) is 14.5 Å². The van der Waals surface area contributed by atoms with Crippen molar-refractivity contribution in [1.29, 1.82) is 5.41 Å². The van der Waals surface area contributed by atoms with Gasteiger partial charge in [0.1, 0.15) is 17.7 Å². The van der Waals surface area contributed by atoms with Crippen molar-refractivity contribution in [2.75, 3.05) is 25.4 Å². The number of carbonyl (C=O) groups is 2. The lowest BCUT2D eigenvalue weighted by molar-refractivity contribution is -0.133. The summed E-state index contributed by atoms with van der Waals surface area (Å²) >= 11 is 6.33. The number of nitrogen functional groups attached to an aromatic ring is 1. The van der Waals surface area contributed by atoms with Gasteiger partial charge in [-0.05, 0) is 36.1 Å². The van der Waals surface area contributed by atoms with Crippen molar-refractivity contribution in [2.45, 2.75) is 51.9 Å². The van der Waals surface area contributed by atoms with Crippen LogP contribution < -0.4 is 21.7 Å². The molecule has 1 saturated heterocycles. The number of halogens is 3. The fourth-order valence-electron chi connectivity index (χ4n) is 4.21. The lowest BCUT2D eigenvalue weighted by Crippen LogP contribution is -2.61. The molecule has 0 radical (unpaired) electrons. The van der Waals surface area contributed by atoms with Crippen molar-refractivity contribution < 1.29 is 18.4 Å². The molecule has 1 atom stereocenters. The maximum absolute atomic E-state index is 14.1. The molecule has 2 aliphatic rings. The van der Waals surface area contributed by atoms with Gasteiger partial charge in [-0.2, -0.15) is 8.78 Å². The van der Waals surface area contributed by atoms with E-state index >= 15 is 0 Å². The first kappa shape index (κ1) is 27.3. The van der Waals surface area contributed by atoms with Crippen LogP contribution in [0.25, 0.3) is 0 Å². The molecule has 0 spiro atoms. The predicted octanol–water partition coefficient (Wildman–Crippen LogP) is 2.33. The van der Waals surface area contributed by atoms with Gasteiger partial charge in [-0.3, -0.25) is 19.9 Å². The molecule has 0 aliphatic carbocycles. The number of carbonyl (C=O) groups excluding carboxylic acids is 2. The molecule has 6 N–H and O–H groups in total. The molecule has 2 heterocycles. The minimum atomic E-state index is -2.97. The van der Waals surface area contributed by atoms with E-state index in [-0.39, 0.29) is 59.9 Å². The summed E-state index contributed by atoms with van der Waals surface area (Å²) in [5, 5.41) is 17.4. The Balaban J connectivity index is 1.68. The number of hydrogen-bond donors (Lipinski definition) is 5. The number of anilines is 1. The van der Waals surface area contributed by atoms with Crippen molar-refractivity contribution in [3.8, 4) is 0 Å². The average Bonchev–Trinajstić information content (AvgIpc) is 3.09. The van der Waals surface area contributed by atoms with Crippen LogP contribution in [0.5, 0.6) is 0 Å². The molecule has 2 aliphatic heterocycles. The summed E-state index contributed by atoms with van der Waals surface area (Å²) in [6, 6.07) is 2.96. The number of allylic oxidation sites excluding steroid dienone is 1. The second kappa shape index (κ2) is 10.3. The maximum atomic E-state index is 14.1. The van der Waals surface area contributed by atoms with Gasteiger partial charge in [-0.25, -0.2) is 0 Å². The monoisotopic (exact) mass is 523 g/mol. The number of nitrogens with one attached hydrogen (secondary N) is 4. The van der Waals surface area contributed by atoms with E-state index in [2.05, 4.69) is 22.5 Å². The van der Waals surface area contributed by atoms with E-state index in [0.29, 0.717) is 15.5 Å². The van der Waals surface area contributed by atoms with E-state index in [1.807, 2.05) is 20.8 Å². The highest BCUT2D eigenvalue weighted by molar-refractivity contribution is 6.32. The number of rotatable bonds is 7.